The van der Waals surface area contributed by atoms with Crippen molar-refractivity contribution in [3.8, 4) is 0 Å². The molecule has 0 saturated carbocycles. The Hall–Kier alpha value is -5.07. The minimum absolute atomic E-state index is 0.176. The van der Waals surface area contributed by atoms with Gasteiger partial charge in [-0.1, -0.05) is 48.5 Å². The number of halogens is 3. The van der Waals surface area contributed by atoms with E-state index in [1.54, 1.807) is 21.9 Å². The predicted molar refractivity (Wildman–Crippen MR) is 168 cm³/mol. The van der Waals surface area contributed by atoms with Crippen LogP contribution in [0.25, 0.3) is 0 Å². The van der Waals surface area contributed by atoms with Gasteiger partial charge in [0, 0.05) is 45.0 Å². The van der Waals surface area contributed by atoms with Crippen LogP contribution in [0.4, 0.5) is 41.2 Å². The number of carbonyl (C=O) groups excluding carboxylic acids is 2. The number of anilines is 4. The summed E-state index contributed by atoms with van der Waals surface area (Å²) in [5.41, 5.74) is 1.78. The highest BCUT2D eigenvalue weighted by Crippen LogP contribution is 2.36. The summed E-state index contributed by atoms with van der Waals surface area (Å²) < 4.78 is 47.2. The number of carbonyl (C=O) groups is 2. The zero-order valence-corrected chi connectivity index (χ0v) is 25.3. The molecule has 2 fully saturated rings. The molecule has 2 aromatic carbocycles. The highest BCUT2D eigenvalue weighted by Gasteiger charge is 2.42. The molecule has 4 heterocycles. The second-order valence-electron chi connectivity index (χ2n) is 11.4. The van der Waals surface area contributed by atoms with Crippen LogP contribution in [0.1, 0.15) is 46.1 Å². The Kier molecular flexibility index (Phi) is 8.82. The molecule has 0 aliphatic carbocycles. The van der Waals surface area contributed by atoms with Crippen molar-refractivity contribution in [2.45, 2.75) is 31.9 Å². The van der Waals surface area contributed by atoms with Gasteiger partial charge in [-0.3, -0.25) is 4.79 Å². The molecule has 13 heteroatoms. The lowest BCUT2D eigenvalue weighted by Crippen LogP contribution is -2.50. The zero-order valence-electron chi connectivity index (χ0n) is 25.3. The predicted octanol–water partition coefficient (Wildman–Crippen LogP) is 6.39. The van der Waals surface area contributed by atoms with E-state index in [1.807, 2.05) is 66.4 Å². The smallest absolute Gasteiger partial charge is 0.417 e. The molecule has 2 aromatic heterocycles. The number of aromatic nitrogens is 2. The van der Waals surface area contributed by atoms with Crippen molar-refractivity contribution in [2.24, 2.45) is 0 Å². The number of amides is 3. The van der Waals surface area contributed by atoms with Gasteiger partial charge in [0.1, 0.15) is 5.82 Å². The van der Waals surface area contributed by atoms with Crippen molar-refractivity contribution < 1.29 is 27.2 Å². The molecule has 4 aromatic rings. The molecule has 2 N–H and O–H groups in total. The van der Waals surface area contributed by atoms with Gasteiger partial charge in [0.15, 0.2) is 5.69 Å². The minimum atomic E-state index is -4.88. The number of piperidine rings is 1. The van der Waals surface area contributed by atoms with Crippen LogP contribution < -0.4 is 20.4 Å². The van der Waals surface area contributed by atoms with E-state index >= 15 is 0 Å². The lowest BCUT2D eigenvalue weighted by molar-refractivity contribution is -0.141. The number of rotatable bonds is 6. The van der Waals surface area contributed by atoms with Crippen molar-refractivity contribution in [1.29, 1.82) is 0 Å². The monoisotopic (exact) mass is 633 g/mol. The summed E-state index contributed by atoms with van der Waals surface area (Å²) in [5, 5.41) is 5.40. The summed E-state index contributed by atoms with van der Waals surface area (Å²) in [4.78, 5) is 39.2. The molecule has 2 saturated heterocycles. The number of nitrogens with one attached hydrogen (secondary N) is 2. The Morgan fingerprint density at radius 2 is 1.54 bits per heavy atom. The van der Waals surface area contributed by atoms with Crippen molar-refractivity contribution >= 4 is 35.1 Å². The van der Waals surface area contributed by atoms with Gasteiger partial charge >= 0.3 is 12.2 Å². The number of hydrogen-bond acceptors (Lipinski definition) is 7. The van der Waals surface area contributed by atoms with Gasteiger partial charge in [0.2, 0.25) is 5.76 Å². The molecule has 0 atom stereocenters. The van der Waals surface area contributed by atoms with Crippen LogP contribution in [0.5, 0.6) is 0 Å². The molecule has 0 radical (unpaired) electrons. The maximum absolute atomic E-state index is 13.9. The van der Waals surface area contributed by atoms with Gasteiger partial charge in [0.05, 0.1) is 11.9 Å². The Bertz CT molecular complexity index is 1660. The lowest BCUT2D eigenvalue weighted by atomic mass is 9.90. The Labute approximate surface area is 264 Å². The normalized spacial score (nSPS) is 16.0. The van der Waals surface area contributed by atoms with Crippen molar-refractivity contribution in [3.05, 3.63) is 95.5 Å². The Morgan fingerprint density at radius 1 is 0.848 bits per heavy atom. The molecule has 6 rings (SSSR count). The van der Waals surface area contributed by atoms with Gasteiger partial charge in [0.25, 0.3) is 11.9 Å². The van der Waals surface area contributed by atoms with Gasteiger partial charge in [-0.05, 0) is 55.0 Å². The summed E-state index contributed by atoms with van der Waals surface area (Å²) in [6, 6.07) is 20.4. The molecule has 46 heavy (non-hydrogen) atoms. The molecule has 2 aliphatic heterocycles. The number of hydrogen-bond donors (Lipinski definition) is 2. The fourth-order valence-electron chi connectivity index (χ4n) is 5.80. The maximum Gasteiger partial charge on any atom is 0.437 e. The third kappa shape index (κ3) is 6.93. The average Bonchev–Trinajstić information content (AvgIpc) is 3.54. The number of aryl methyl sites for hydroxylation is 1. The van der Waals surface area contributed by atoms with Gasteiger partial charge < -0.3 is 29.8 Å². The molecule has 0 spiro atoms. The first-order valence-corrected chi connectivity index (χ1v) is 15.2. The maximum atomic E-state index is 13.9. The number of urea groups is 1. The number of pyridine rings is 1. The molecule has 2 aliphatic rings. The van der Waals surface area contributed by atoms with Crippen molar-refractivity contribution in [1.82, 2.24) is 14.9 Å². The zero-order chi connectivity index (χ0) is 32.3. The molecule has 10 nitrogen and oxygen atoms in total. The number of nitrogens with zero attached hydrogens (tertiary/aromatic N) is 5. The second-order valence-corrected chi connectivity index (χ2v) is 11.4. The summed E-state index contributed by atoms with van der Waals surface area (Å²) in [6.45, 7) is 4.88. The first-order chi connectivity index (χ1) is 22.2. The minimum Gasteiger partial charge on any atom is -0.417 e. The van der Waals surface area contributed by atoms with Crippen molar-refractivity contribution in [3.63, 3.8) is 0 Å². The van der Waals surface area contributed by atoms with Crippen LogP contribution in [0.15, 0.2) is 77.3 Å². The SMILES string of the molecule is Cc1ccccc1NC(=O)N1CCN(c2ccc(NC(=O)c3oc(N4CCC(c5ccccc5)CC4)nc3C(F)(F)F)cn2)CC1. The van der Waals surface area contributed by atoms with Crippen LogP contribution in [-0.2, 0) is 6.18 Å². The number of oxazole rings is 1. The van der Waals surface area contributed by atoms with Crippen LogP contribution in [0.3, 0.4) is 0 Å². The second kappa shape index (κ2) is 13.1. The number of piperazine rings is 1. The van der Waals surface area contributed by atoms with Crippen LogP contribution in [0.2, 0.25) is 0 Å². The summed E-state index contributed by atoms with van der Waals surface area (Å²) in [6.07, 6.45) is -2.05. The van der Waals surface area contributed by atoms with E-state index in [0.29, 0.717) is 51.0 Å². The van der Waals surface area contributed by atoms with Gasteiger partial charge in [-0.2, -0.15) is 18.2 Å². The molecule has 0 bridgehead atoms. The van der Waals surface area contributed by atoms with E-state index in [2.05, 4.69) is 20.6 Å². The third-order valence-corrected chi connectivity index (χ3v) is 8.41. The lowest BCUT2D eigenvalue weighted by Gasteiger charge is -2.35. The highest BCUT2D eigenvalue weighted by molar-refractivity contribution is 6.03. The fraction of sp³-hybridized carbons (Fsp3) is 0.333. The van der Waals surface area contributed by atoms with E-state index in [-0.39, 0.29) is 17.7 Å². The first-order valence-electron chi connectivity index (χ1n) is 15.2. The Balaban J connectivity index is 1.06. The van der Waals surface area contributed by atoms with E-state index < -0.39 is 23.5 Å². The van der Waals surface area contributed by atoms with Crippen LogP contribution in [-0.4, -0.2) is 66.1 Å². The average molecular weight is 634 g/mol. The number of alkyl halides is 3. The van der Waals surface area contributed by atoms with Gasteiger partial charge in [-0.25, -0.2) is 9.78 Å². The van der Waals surface area contributed by atoms with Crippen LogP contribution in [0, 0.1) is 6.92 Å². The quantitative estimate of drug-likeness (QED) is 0.254. The number of benzene rings is 2. The molecule has 0 unspecified atom stereocenters. The van der Waals surface area contributed by atoms with E-state index in [4.69, 9.17) is 4.42 Å². The third-order valence-electron chi connectivity index (χ3n) is 8.41. The van der Waals surface area contributed by atoms with E-state index in [1.165, 1.54) is 11.8 Å². The molecular formula is C33H34F3N7O3. The number of para-hydroxylation sites is 1. The summed E-state index contributed by atoms with van der Waals surface area (Å²) in [7, 11) is 0. The van der Waals surface area contributed by atoms with Crippen molar-refractivity contribution in [2.75, 3.05) is 59.7 Å². The van der Waals surface area contributed by atoms with E-state index in [0.717, 1.165) is 24.1 Å². The topological polar surface area (TPSA) is 107 Å². The highest BCUT2D eigenvalue weighted by atomic mass is 19.4. The van der Waals surface area contributed by atoms with Gasteiger partial charge in [-0.15, -0.1) is 0 Å². The molecule has 240 valence electrons. The first kappa shape index (κ1) is 30.9. The fourth-order valence-corrected chi connectivity index (χ4v) is 5.80. The Morgan fingerprint density at radius 3 is 2.20 bits per heavy atom. The van der Waals surface area contributed by atoms with E-state index in [9.17, 15) is 22.8 Å². The largest absolute Gasteiger partial charge is 0.437 e. The summed E-state index contributed by atoms with van der Waals surface area (Å²) >= 11 is 0. The molecule has 3 amide bonds. The summed E-state index contributed by atoms with van der Waals surface area (Å²) in [5.74, 6) is -1.04. The van der Waals surface area contributed by atoms with Crippen LogP contribution >= 0.6 is 0 Å². The standard InChI is InChI=1S/C33H34F3N7O3/c1-22-7-5-6-10-26(22)39-31(45)42-19-17-41(18-20-42)27-12-11-25(21-37-27)38-30(44)28-29(33(34,35)36)40-32(46-28)43-15-13-24(14-16-43)23-8-3-2-4-9-23/h2-12,21,24H,13-20H2,1H3,(H,38,44)(H,39,45). The molecular weight excluding hydrogens is 599 g/mol.